The van der Waals surface area contributed by atoms with Gasteiger partial charge in [0, 0.05) is 0 Å². The molecule has 0 saturated carbocycles. The highest BCUT2D eigenvalue weighted by Gasteiger charge is 2.03. The number of anilines is 1. The number of benzene rings is 2. The molecule has 0 amide bonds. The van der Waals surface area contributed by atoms with Gasteiger partial charge in [-0.1, -0.05) is 12.1 Å². The van der Waals surface area contributed by atoms with Crippen LogP contribution in [0.15, 0.2) is 52.0 Å². The highest BCUT2D eigenvalue weighted by Crippen LogP contribution is 2.25. The summed E-state index contributed by atoms with van der Waals surface area (Å²) in [5.41, 5.74) is 4.45. The van der Waals surface area contributed by atoms with Gasteiger partial charge in [0.05, 0.1) is 30.6 Å². The van der Waals surface area contributed by atoms with Crippen LogP contribution in [-0.2, 0) is 0 Å². The SMILES string of the molecule is COc1ccc(/C=N\NC(=S)Nc2ccccc2OC)cc1Br. The standard InChI is InChI=1S/C16H16BrN3O2S/c1-21-14-8-7-11(9-12(14)17)10-18-20-16(23)19-13-5-3-4-6-15(13)22-2/h3-10H,1-2H3,(H2,19,20,23)/b18-10-. The average Bonchev–Trinajstić information content (AvgIpc) is 2.55. The minimum absolute atomic E-state index is 0.373. The summed E-state index contributed by atoms with van der Waals surface area (Å²) in [4.78, 5) is 0. The third-order valence-electron chi connectivity index (χ3n) is 2.91. The molecule has 0 aliphatic heterocycles. The van der Waals surface area contributed by atoms with Crippen molar-refractivity contribution < 1.29 is 9.47 Å². The van der Waals surface area contributed by atoms with E-state index in [1.807, 2.05) is 42.5 Å². The summed E-state index contributed by atoms with van der Waals surface area (Å²) in [5.74, 6) is 1.48. The van der Waals surface area contributed by atoms with Crippen molar-refractivity contribution in [2.24, 2.45) is 5.10 Å². The number of thiocarbonyl (C=S) groups is 1. The maximum Gasteiger partial charge on any atom is 0.191 e. The Morgan fingerprint density at radius 1 is 1.13 bits per heavy atom. The van der Waals surface area contributed by atoms with E-state index in [4.69, 9.17) is 21.7 Å². The third-order valence-corrected chi connectivity index (χ3v) is 3.72. The predicted molar refractivity (Wildman–Crippen MR) is 101 cm³/mol. The van der Waals surface area contributed by atoms with Crippen LogP contribution < -0.4 is 20.2 Å². The van der Waals surface area contributed by atoms with Crippen molar-refractivity contribution in [2.75, 3.05) is 19.5 Å². The fraction of sp³-hybridized carbons (Fsp3) is 0.125. The van der Waals surface area contributed by atoms with Crippen molar-refractivity contribution >= 4 is 45.2 Å². The number of para-hydroxylation sites is 2. The van der Waals surface area contributed by atoms with E-state index >= 15 is 0 Å². The van der Waals surface area contributed by atoms with Crippen LogP contribution in [0.4, 0.5) is 5.69 Å². The number of rotatable bonds is 5. The zero-order valence-electron chi connectivity index (χ0n) is 12.7. The molecule has 0 heterocycles. The van der Waals surface area contributed by atoms with E-state index < -0.39 is 0 Å². The van der Waals surface area contributed by atoms with Crippen LogP contribution >= 0.6 is 28.1 Å². The zero-order valence-corrected chi connectivity index (χ0v) is 15.1. The molecule has 0 bridgehead atoms. The second-order valence-electron chi connectivity index (χ2n) is 4.42. The fourth-order valence-corrected chi connectivity index (χ4v) is 2.55. The summed E-state index contributed by atoms with van der Waals surface area (Å²) < 4.78 is 11.3. The molecule has 0 unspecified atom stereocenters. The molecule has 7 heteroatoms. The van der Waals surface area contributed by atoms with Crippen LogP contribution in [-0.4, -0.2) is 25.5 Å². The molecule has 23 heavy (non-hydrogen) atoms. The molecule has 0 radical (unpaired) electrons. The van der Waals surface area contributed by atoms with E-state index in [0.29, 0.717) is 10.9 Å². The number of hydrazone groups is 1. The Labute approximate surface area is 148 Å². The zero-order chi connectivity index (χ0) is 16.7. The molecular weight excluding hydrogens is 378 g/mol. The minimum Gasteiger partial charge on any atom is -0.496 e. The summed E-state index contributed by atoms with van der Waals surface area (Å²) in [7, 11) is 3.23. The fourth-order valence-electron chi connectivity index (χ4n) is 1.83. The van der Waals surface area contributed by atoms with Crippen LogP contribution in [0, 0.1) is 0 Å². The number of hydrogen-bond donors (Lipinski definition) is 2. The molecule has 0 atom stereocenters. The summed E-state index contributed by atoms with van der Waals surface area (Å²) >= 11 is 8.63. The van der Waals surface area contributed by atoms with E-state index in [2.05, 4.69) is 31.8 Å². The largest absolute Gasteiger partial charge is 0.496 e. The van der Waals surface area contributed by atoms with Crippen molar-refractivity contribution in [1.29, 1.82) is 0 Å². The Morgan fingerprint density at radius 3 is 2.57 bits per heavy atom. The van der Waals surface area contributed by atoms with Gasteiger partial charge in [-0.2, -0.15) is 5.10 Å². The lowest BCUT2D eigenvalue weighted by atomic mass is 10.2. The summed E-state index contributed by atoms with van der Waals surface area (Å²) in [5, 5.41) is 7.51. The Kier molecular flexibility index (Phi) is 6.37. The number of methoxy groups -OCH3 is 2. The molecule has 2 rings (SSSR count). The highest BCUT2D eigenvalue weighted by molar-refractivity contribution is 9.10. The first-order chi connectivity index (χ1) is 11.1. The Hall–Kier alpha value is -2.12. The van der Waals surface area contributed by atoms with Crippen molar-refractivity contribution in [3.05, 3.63) is 52.5 Å². The van der Waals surface area contributed by atoms with Gasteiger partial charge < -0.3 is 14.8 Å². The number of hydrogen-bond acceptors (Lipinski definition) is 4. The molecule has 0 aromatic heterocycles. The molecule has 0 aliphatic rings. The molecular formula is C16H16BrN3O2S. The van der Waals surface area contributed by atoms with Crippen molar-refractivity contribution in [1.82, 2.24) is 5.43 Å². The van der Waals surface area contributed by atoms with Gasteiger partial charge in [-0.05, 0) is 64.0 Å². The second kappa shape index (κ2) is 8.50. The van der Waals surface area contributed by atoms with E-state index in [9.17, 15) is 0 Å². The van der Waals surface area contributed by atoms with Gasteiger partial charge in [-0.3, -0.25) is 5.43 Å². The lowest BCUT2D eigenvalue weighted by Crippen LogP contribution is -2.24. The first-order valence-corrected chi connectivity index (χ1v) is 7.90. The smallest absolute Gasteiger partial charge is 0.191 e. The lowest BCUT2D eigenvalue weighted by Gasteiger charge is -2.10. The summed E-state index contributed by atoms with van der Waals surface area (Å²) in [6, 6.07) is 13.2. The van der Waals surface area contributed by atoms with Crippen LogP contribution in [0.3, 0.4) is 0 Å². The molecule has 5 nitrogen and oxygen atoms in total. The predicted octanol–water partition coefficient (Wildman–Crippen LogP) is 3.79. The van der Waals surface area contributed by atoms with E-state index in [-0.39, 0.29) is 0 Å². The Bertz CT molecular complexity index is 722. The normalized spacial score (nSPS) is 10.4. The van der Waals surface area contributed by atoms with Crippen molar-refractivity contribution in [3.63, 3.8) is 0 Å². The summed E-state index contributed by atoms with van der Waals surface area (Å²) in [6.45, 7) is 0. The van der Waals surface area contributed by atoms with Gasteiger partial charge in [0.15, 0.2) is 5.11 Å². The topological polar surface area (TPSA) is 54.9 Å². The number of nitrogens with zero attached hydrogens (tertiary/aromatic N) is 1. The molecule has 0 spiro atoms. The van der Waals surface area contributed by atoms with Crippen molar-refractivity contribution in [3.8, 4) is 11.5 Å². The van der Waals surface area contributed by atoms with Crippen LogP contribution in [0.25, 0.3) is 0 Å². The maximum absolute atomic E-state index is 5.25. The van der Waals surface area contributed by atoms with Gasteiger partial charge in [-0.15, -0.1) is 0 Å². The second-order valence-corrected chi connectivity index (χ2v) is 5.68. The Balaban J connectivity index is 1.95. The van der Waals surface area contributed by atoms with Gasteiger partial charge in [0.2, 0.25) is 0 Å². The first-order valence-electron chi connectivity index (χ1n) is 6.70. The first kappa shape index (κ1) is 17.2. The molecule has 2 aromatic carbocycles. The van der Waals surface area contributed by atoms with Crippen molar-refractivity contribution in [2.45, 2.75) is 0 Å². The average molecular weight is 394 g/mol. The lowest BCUT2D eigenvalue weighted by molar-refractivity contribution is 0.412. The minimum atomic E-state index is 0.373. The monoisotopic (exact) mass is 393 g/mol. The third kappa shape index (κ3) is 4.94. The van der Waals surface area contributed by atoms with Crippen LogP contribution in [0.2, 0.25) is 0 Å². The molecule has 2 N–H and O–H groups in total. The quantitative estimate of drug-likeness (QED) is 0.459. The van der Waals surface area contributed by atoms with Gasteiger partial charge in [0.25, 0.3) is 0 Å². The van der Waals surface area contributed by atoms with E-state index in [1.54, 1.807) is 20.4 Å². The van der Waals surface area contributed by atoms with E-state index in [0.717, 1.165) is 21.5 Å². The number of halogens is 1. The van der Waals surface area contributed by atoms with Crippen LogP contribution in [0.1, 0.15) is 5.56 Å². The number of ether oxygens (including phenoxy) is 2. The molecule has 0 aliphatic carbocycles. The molecule has 0 saturated heterocycles. The van der Waals surface area contributed by atoms with Gasteiger partial charge >= 0.3 is 0 Å². The van der Waals surface area contributed by atoms with Crippen LogP contribution in [0.5, 0.6) is 11.5 Å². The maximum atomic E-state index is 5.25. The summed E-state index contributed by atoms with van der Waals surface area (Å²) in [6.07, 6.45) is 1.67. The highest BCUT2D eigenvalue weighted by atomic mass is 79.9. The molecule has 0 fully saturated rings. The van der Waals surface area contributed by atoms with Gasteiger partial charge in [0.1, 0.15) is 11.5 Å². The molecule has 120 valence electrons. The Morgan fingerprint density at radius 2 is 1.87 bits per heavy atom. The van der Waals surface area contributed by atoms with E-state index in [1.165, 1.54) is 0 Å². The van der Waals surface area contributed by atoms with Gasteiger partial charge in [-0.25, -0.2) is 0 Å². The molecule has 2 aromatic rings. The number of nitrogens with one attached hydrogen (secondary N) is 2.